The second kappa shape index (κ2) is 18.6. The average molecular weight is 456 g/mol. The first-order valence-corrected chi connectivity index (χ1v) is 11.7. The molecule has 1 atom stereocenters. The Morgan fingerprint density at radius 1 is 0.767 bits per heavy atom. The van der Waals surface area contributed by atoms with Crippen LogP contribution in [-0.2, 0) is 43.4 Å². The highest BCUT2D eigenvalue weighted by atomic mass is 32.2. The Labute approximate surface area is 179 Å². The van der Waals surface area contributed by atoms with Gasteiger partial charge in [-0.3, -0.25) is 9.59 Å². The number of hydrogen-bond acceptors (Lipinski definition) is 10. The first kappa shape index (κ1) is 28.9. The van der Waals surface area contributed by atoms with Gasteiger partial charge in [0.25, 0.3) is 0 Å². The Morgan fingerprint density at radius 3 is 1.67 bits per heavy atom. The van der Waals surface area contributed by atoms with Crippen molar-refractivity contribution in [2.75, 3.05) is 59.5 Å². The van der Waals surface area contributed by atoms with Crippen LogP contribution in [0.15, 0.2) is 0 Å². The third-order valence-corrected chi connectivity index (χ3v) is 5.10. The van der Waals surface area contributed by atoms with Crippen LogP contribution < -0.4 is 0 Å². The monoisotopic (exact) mass is 455 g/mol. The second-order valence-corrected chi connectivity index (χ2v) is 8.08. The molecule has 10 nitrogen and oxygen atoms in total. The molecule has 0 amide bonds. The van der Waals surface area contributed by atoms with E-state index in [9.17, 15) is 22.6 Å². The minimum absolute atomic E-state index is 0.0794. The van der Waals surface area contributed by atoms with E-state index in [2.05, 4.69) is 6.92 Å². The van der Waals surface area contributed by atoms with Crippen molar-refractivity contribution in [1.29, 1.82) is 0 Å². The summed E-state index contributed by atoms with van der Waals surface area (Å²) in [7, 11) is -4.89. The van der Waals surface area contributed by atoms with Gasteiger partial charge in [0.2, 0.25) is 0 Å². The van der Waals surface area contributed by atoms with Crippen molar-refractivity contribution in [2.24, 2.45) is 0 Å². The van der Waals surface area contributed by atoms with Crippen molar-refractivity contribution in [1.82, 2.24) is 0 Å². The van der Waals surface area contributed by atoms with Gasteiger partial charge < -0.3 is 28.2 Å². The fraction of sp³-hybridized carbons (Fsp3) is 0.895. The lowest BCUT2D eigenvalue weighted by atomic mass is 10.2. The summed E-state index contributed by atoms with van der Waals surface area (Å²) in [5, 5.41) is -1.92. The molecule has 0 N–H and O–H groups in total. The van der Waals surface area contributed by atoms with Crippen LogP contribution in [0.1, 0.15) is 46.0 Å². The molecule has 0 aliphatic carbocycles. The maximum Gasteiger partial charge on any atom is 0.307 e. The molecular formula is C19H35O10S-. The highest BCUT2D eigenvalue weighted by Crippen LogP contribution is 2.07. The maximum atomic E-state index is 11.5. The first-order chi connectivity index (χ1) is 14.3. The predicted molar refractivity (Wildman–Crippen MR) is 107 cm³/mol. The summed E-state index contributed by atoms with van der Waals surface area (Å²) in [4.78, 5) is 22.6. The van der Waals surface area contributed by atoms with Crippen LogP contribution in [0.3, 0.4) is 0 Å². The fourth-order valence-corrected chi connectivity index (χ4v) is 3.01. The van der Waals surface area contributed by atoms with E-state index in [-0.39, 0.29) is 19.8 Å². The van der Waals surface area contributed by atoms with Crippen LogP contribution >= 0.6 is 0 Å². The van der Waals surface area contributed by atoms with Crippen molar-refractivity contribution in [3.8, 4) is 0 Å². The molecular weight excluding hydrogens is 420 g/mol. The van der Waals surface area contributed by atoms with Crippen LogP contribution in [0.4, 0.5) is 0 Å². The van der Waals surface area contributed by atoms with Crippen molar-refractivity contribution >= 4 is 21.9 Å². The zero-order chi connectivity index (χ0) is 22.7. The topological polar surface area (TPSA) is 137 Å². The number of carbonyl (C=O) groups excluding carboxylic acids is 2. The van der Waals surface area contributed by atoms with E-state index >= 15 is 0 Å². The summed E-state index contributed by atoms with van der Waals surface area (Å²) >= 11 is 0. The van der Waals surface area contributed by atoms with Crippen molar-refractivity contribution in [3.63, 3.8) is 0 Å². The largest absolute Gasteiger partial charge is 0.747 e. The summed E-state index contributed by atoms with van der Waals surface area (Å²) < 4.78 is 58.8. The highest BCUT2D eigenvalue weighted by molar-refractivity contribution is 7.87. The Morgan fingerprint density at radius 2 is 1.23 bits per heavy atom. The van der Waals surface area contributed by atoms with Gasteiger partial charge in [0.05, 0.1) is 52.7 Å². The van der Waals surface area contributed by atoms with Gasteiger partial charge in [-0.2, -0.15) is 0 Å². The predicted octanol–water partition coefficient (Wildman–Crippen LogP) is 1.07. The molecule has 0 heterocycles. The molecule has 0 rings (SSSR count). The van der Waals surface area contributed by atoms with Crippen LogP contribution in [-0.4, -0.2) is 89.4 Å². The zero-order valence-corrected chi connectivity index (χ0v) is 18.8. The zero-order valence-electron chi connectivity index (χ0n) is 18.0. The van der Waals surface area contributed by atoms with Gasteiger partial charge in [0, 0.05) is 6.61 Å². The number of Topliss-reactive ketones (excluding diaryl/α,β-unsaturated/α-hetero) is 1. The molecule has 0 aromatic carbocycles. The van der Waals surface area contributed by atoms with Crippen molar-refractivity contribution in [3.05, 3.63) is 0 Å². The van der Waals surface area contributed by atoms with E-state index in [1.165, 1.54) is 19.3 Å². The molecule has 178 valence electrons. The molecule has 0 aromatic heterocycles. The van der Waals surface area contributed by atoms with Crippen LogP contribution in [0, 0.1) is 0 Å². The molecule has 1 unspecified atom stereocenters. The number of unbranched alkanes of at least 4 members (excludes halogenated alkanes) is 3. The fourth-order valence-electron chi connectivity index (χ4n) is 2.27. The van der Waals surface area contributed by atoms with E-state index in [1.54, 1.807) is 0 Å². The quantitative estimate of drug-likeness (QED) is 0.140. The molecule has 30 heavy (non-hydrogen) atoms. The van der Waals surface area contributed by atoms with E-state index in [0.717, 1.165) is 20.0 Å². The minimum atomic E-state index is -4.89. The molecule has 0 aliphatic rings. The number of rotatable bonds is 21. The summed E-state index contributed by atoms with van der Waals surface area (Å²) in [6, 6.07) is 0. The summed E-state index contributed by atoms with van der Waals surface area (Å²) in [5.74, 6) is -1.84. The van der Waals surface area contributed by atoms with Gasteiger partial charge in [-0.15, -0.1) is 0 Å². The molecule has 11 heteroatoms. The van der Waals surface area contributed by atoms with Gasteiger partial charge in [0.1, 0.15) is 27.8 Å². The third kappa shape index (κ3) is 17.7. The second-order valence-electron chi connectivity index (χ2n) is 6.53. The normalized spacial score (nSPS) is 12.6. The van der Waals surface area contributed by atoms with Gasteiger partial charge in [-0.05, 0) is 13.3 Å². The molecule has 0 fully saturated rings. The minimum Gasteiger partial charge on any atom is -0.747 e. The maximum absolute atomic E-state index is 11.5. The number of carbonyl (C=O) groups is 2. The lowest BCUT2D eigenvalue weighted by Crippen LogP contribution is -2.31. The van der Waals surface area contributed by atoms with Gasteiger partial charge in [-0.25, -0.2) is 8.42 Å². The number of ketones is 1. The lowest BCUT2D eigenvalue weighted by molar-refractivity contribution is -0.146. The Bertz CT molecular complexity index is 550. The summed E-state index contributed by atoms with van der Waals surface area (Å²) in [6.07, 6.45) is 3.93. The molecule has 0 aromatic rings. The number of hydrogen-bond donors (Lipinski definition) is 0. The van der Waals surface area contributed by atoms with Gasteiger partial charge >= 0.3 is 5.97 Å². The van der Waals surface area contributed by atoms with E-state index in [4.69, 9.17) is 23.7 Å². The van der Waals surface area contributed by atoms with E-state index < -0.39 is 33.5 Å². The Balaban J connectivity index is 3.42. The molecule has 0 aliphatic heterocycles. The smallest absolute Gasteiger partial charge is 0.307 e. The molecule has 0 saturated heterocycles. The Kier molecular flexibility index (Phi) is 18.0. The highest BCUT2D eigenvalue weighted by Gasteiger charge is 2.25. The molecule has 0 radical (unpaired) electrons. The van der Waals surface area contributed by atoms with Gasteiger partial charge in [-0.1, -0.05) is 26.2 Å². The molecule has 0 spiro atoms. The van der Waals surface area contributed by atoms with Crippen molar-refractivity contribution < 1.29 is 46.2 Å². The van der Waals surface area contributed by atoms with Crippen molar-refractivity contribution in [2.45, 2.75) is 51.2 Å². The van der Waals surface area contributed by atoms with Crippen LogP contribution in [0.5, 0.6) is 0 Å². The average Bonchev–Trinajstić information content (AvgIpc) is 2.67. The molecule has 0 bridgehead atoms. The van der Waals surface area contributed by atoms with Crippen LogP contribution in [0.25, 0.3) is 0 Å². The first-order valence-electron chi connectivity index (χ1n) is 10.2. The standard InChI is InChI=1S/C19H36O10S/c1-3-4-5-6-7-25-8-9-26-10-11-27-12-13-28-14-15-29-19(21)16-18(17(2)20)30(22,23)24/h18H,3-16H2,1-2H3,(H,22,23,24)/p-1. The molecule has 0 saturated carbocycles. The number of esters is 1. The third-order valence-electron chi connectivity index (χ3n) is 3.90. The van der Waals surface area contributed by atoms with Gasteiger partial charge in [0.15, 0.2) is 0 Å². The van der Waals surface area contributed by atoms with E-state index in [1.807, 2.05) is 0 Å². The Hall–Kier alpha value is -1.11. The lowest BCUT2D eigenvalue weighted by Gasteiger charge is -2.16. The summed E-state index contributed by atoms with van der Waals surface area (Å²) in [5.41, 5.74) is 0. The van der Waals surface area contributed by atoms with Crippen LogP contribution in [0.2, 0.25) is 0 Å². The number of ether oxygens (including phenoxy) is 5. The summed E-state index contributed by atoms with van der Waals surface area (Å²) in [6.45, 7) is 6.42. The van der Waals surface area contributed by atoms with E-state index in [0.29, 0.717) is 33.0 Å². The SMILES string of the molecule is CCCCCCOCCOCCOCCOCCOC(=O)CC(C(C)=O)S(=O)(=O)[O-].